The molecular formula is C40H55Cl2N7O9S2. The van der Waals surface area contributed by atoms with E-state index in [0.717, 1.165) is 16.2 Å². The second kappa shape index (κ2) is 20.0. The Labute approximate surface area is 363 Å². The minimum Gasteiger partial charge on any atom is -0.444 e. The molecule has 4 rings (SSSR count). The number of ether oxygens (including phenoxy) is 2. The molecule has 60 heavy (non-hydrogen) atoms. The molecule has 3 aromatic rings. The Kier molecular flexibility index (Phi) is 16.1. The Morgan fingerprint density at radius 3 is 1.75 bits per heavy atom. The minimum atomic E-state index is -3.87. The van der Waals surface area contributed by atoms with E-state index in [1.165, 1.54) is 41.7 Å². The van der Waals surface area contributed by atoms with E-state index in [2.05, 4.69) is 16.0 Å². The van der Waals surface area contributed by atoms with Gasteiger partial charge in [0, 0.05) is 87.4 Å². The summed E-state index contributed by atoms with van der Waals surface area (Å²) >= 11 is 12.3. The third-order valence-electron chi connectivity index (χ3n) is 8.94. The molecule has 3 N–H and O–H groups in total. The average Bonchev–Trinajstić information content (AvgIpc) is 3.12. The number of carbonyl (C=O) groups excluding carboxylic acids is 3. The van der Waals surface area contributed by atoms with Crippen molar-refractivity contribution in [2.24, 2.45) is 0 Å². The van der Waals surface area contributed by atoms with Crippen LogP contribution in [0.2, 0.25) is 10.0 Å². The van der Waals surface area contributed by atoms with Gasteiger partial charge in [-0.15, -0.1) is 0 Å². The second-order valence-corrected chi connectivity index (χ2v) is 21.0. The number of piperazine rings is 1. The van der Waals surface area contributed by atoms with E-state index in [-0.39, 0.29) is 54.6 Å². The SMILES string of the molecule is CN(c1ccc(CN(CCNC(=O)OC(C)(C)C)CCNC(=O)OC(C)(C)C)cc1C(=O)Nc1ccc(S(=O)(=O)N2CCN(c3cc(Cl)cc(Cl)c3)CC2)cc1)S(C)(=O)=O. The zero-order valence-corrected chi connectivity index (χ0v) is 38.3. The predicted octanol–water partition coefficient (Wildman–Crippen LogP) is 6.00. The maximum atomic E-state index is 13.9. The van der Waals surface area contributed by atoms with Gasteiger partial charge in [0.05, 0.1) is 22.4 Å². The average molecular weight is 913 g/mol. The molecule has 1 heterocycles. The van der Waals surface area contributed by atoms with E-state index in [1.807, 2.05) is 9.80 Å². The molecule has 0 saturated carbocycles. The fourth-order valence-electron chi connectivity index (χ4n) is 6.07. The van der Waals surface area contributed by atoms with Gasteiger partial charge in [-0.25, -0.2) is 26.4 Å². The van der Waals surface area contributed by atoms with Crippen LogP contribution in [0.1, 0.15) is 57.5 Å². The van der Waals surface area contributed by atoms with E-state index < -0.39 is 49.3 Å². The van der Waals surface area contributed by atoms with Crippen molar-refractivity contribution >= 4 is 78.4 Å². The molecule has 0 atom stereocenters. The lowest BCUT2D eigenvalue weighted by atomic mass is 10.1. The Hall–Kier alpha value is -4.33. The van der Waals surface area contributed by atoms with Crippen LogP contribution >= 0.6 is 23.2 Å². The fraction of sp³-hybridized carbons (Fsp3) is 0.475. The minimum absolute atomic E-state index is 0.0368. The summed E-state index contributed by atoms with van der Waals surface area (Å²) in [6, 6.07) is 15.7. The summed E-state index contributed by atoms with van der Waals surface area (Å²) in [5, 5.41) is 9.19. The molecule has 1 saturated heterocycles. The molecule has 3 aromatic carbocycles. The summed E-state index contributed by atoms with van der Waals surface area (Å²) in [5.74, 6) is -0.639. The molecule has 330 valence electrons. The van der Waals surface area contributed by atoms with E-state index >= 15 is 0 Å². The van der Waals surface area contributed by atoms with Crippen LogP contribution in [-0.2, 0) is 36.1 Å². The quantitative estimate of drug-likeness (QED) is 0.162. The molecule has 0 bridgehead atoms. The number of carbonyl (C=O) groups is 3. The molecule has 20 heteroatoms. The Morgan fingerprint density at radius 2 is 1.27 bits per heavy atom. The number of hydrogen-bond acceptors (Lipinski definition) is 11. The molecule has 3 amide bonds. The molecule has 1 fully saturated rings. The number of benzene rings is 3. The monoisotopic (exact) mass is 911 g/mol. The maximum Gasteiger partial charge on any atom is 0.407 e. The Balaban J connectivity index is 1.50. The van der Waals surface area contributed by atoms with Gasteiger partial charge in [0.1, 0.15) is 11.2 Å². The highest BCUT2D eigenvalue weighted by molar-refractivity contribution is 7.92. The molecule has 0 aromatic heterocycles. The Bertz CT molecular complexity index is 2170. The van der Waals surface area contributed by atoms with Crippen LogP contribution in [0.25, 0.3) is 0 Å². The zero-order valence-electron chi connectivity index (χ0n) is 35.2. The van der Waals surface area contributed by atoms with Crippen LogP contribution < -0.4 is 25.2 Å². The first-order valence-corrected chi connectivity index (χ1v) is 23.2. The van der Waals surface area contributed by atoms with Crippen molar-refractivity contribution < 1.29 is 40.7 Å². The fourth-order valence-corrected chi connectivity index (χ4v) is 8.52. The van der Waals surface area contributed by atoms with E-state index in [4.69, 9.17) is 32.7 Å². The number of anilines is 3. The molecule has 0 spiro atoms. The van der Waals surface area contributed by atoms with Crippen molar-refractivity contribution in [2.45, 2.75) is 64.2 Å². The summed E-state index contributed by atoms with van der Waals surface area (Å²) in [6.07, 6.45) is -0.164. The van der Waals surface area contributed by atoms with Gasteiger partial charge in [-0.3, -0.25) is 14.0 Å². The number of nitrogens with one attached hydrogen (secondary N) is 3. The van der Waals surface area contributed by atoms with Crippen molar-refractivity contribution in [2.75, 3.05) is 80.2 Å². The topological polar surface area (TPSA) is 187 Å². The first kappa shape index (κ1) is 48.3. The maximum absolute atomic E-state index is 13.9. The third-order valence-corrected chi connectivity index (χ3v) is 12.5. The summed E-state index contributed by atoms with van der Waals surface area (Å²) in [4.78, 5) is 42.6. The molecular weight excluding hydrogens is 858 g/mol. The van der Waals surface area contributed by atoms with Crippen LogP contribution in [-0.4, -0.2) is 121 Å². The highest BCUT2D eigenvalue weighted by Gasteiger charge is 2.29. The van der Waals surface area contributed by atoms with Gasteiger partial charge < -0.3 is 30.3 Å². The third kappa shape index (κ3) is 14.7. The van der Waals surface area contributed by atoms with Crippen LogP contribution in [0.4, 0.5) is 26.7 Å². The molecule has 1 aliphatic heterocycles. The number of hydrogen-bond donors (Lipinski definition) is 3. The van der Waals surface area contributed by atoms with Crippen molar-refractivity contribution in [3.05, 3.63) is 81.8 Å². The predicted molar refractivity (Wildman–Crippen MR) is 235 cm³/mol. The number of halogens is 2. The molecule has 0 radical (unpaired) electrons. The van der Waals surface area contributed by atoms with Gasteiger partial charge in [0.2, 0.25) is 20.0 Å². The molecule has 0 aliphatic carbocycles. The molecule has 16 nitrogen and oxygen atoms in total. The van der Waals surface area contributed by atoms with Gasteiger partial charge in [0.25, 0.3) is 5.91 Å². The van der Waals surface area contributed by atoms with E-state index in [1.54, 1.807) is 71.9 Å². The summed E-state index contributed by atoms with van der Waals surface area (Å²) in [7, 11) is -6.32. The van der Waals surface area contributed by atoms with Crippen molar-refractivity contribution in [1.82, 2.24) is 19.8 Å². The van der Waals surface area contributed by atoms with E-state index in [9.17, 15) is 31.2 Å². The smallest absolute Gasteiger partial charge is 0.407 e. The largest absolute Gasteiger partial charge is 0.444 e. The lowest BCUT2D eigenvalue weighted by molar-refractivity contribution is 0.0520. The van der Waals surface area contributed by atoms with Crippen LogP contribution in [0.3, 0.4) is 0 Å². The molecule has 1 aliphatic rings. The normalized spacial score (nSPS) is 14.1. The highest BCUT2D eigenvalue weighted by Crippen LogP contribution is 2.29. The van der Waals surface area contributed by atoms with Gasteiger partial charge in [-0.1, -0.05) is 29.3 Å². The first-order valence-electron chi connectivity index (χ1n) is 19.2. The molecule has 0 unspecified atom stereocenters. The number of amides is 3. The zero-order chi connectivity index (χ0) is 44.6. The van der Waals surface area contributed by atoms with Gasteiger partial charge in [-0.2, -0.15) is 4.31 Å². The van der Waals surface area contributed by atoms with Crippen molar-refractivity contribution in [3.63, 3.8) is 0 Å². The summed E-state index contributed by atoms with van der Waals surface area (Å²) < 4.78 is 65.6. The van der Waals surface area contributed by atoms with E-state index in [0.29, 0.717) is 41.8 Å². The first-order chi connectivity index (χ1) is 27.8. The van der Waals surface area contributed by atoms with Crippen LogP contribution in [0.5, 0.6) is 0 Å². The van der Waals surface area contributed by atoms with Crippen LogP contribution in [0.15, 0.2) is 65.6 Å². The van der Waals surface area contributed by atoms with Crippen molar-refractivity contribution in [1.29, 1.82) is 0 Å². The van der Waals surface area contributed by atoms with Gasteiger partial charge >= 0.3 is 12.2 Å². The van der Waals surface area contributed by atoms with Crippen LogP contribution in [0, 0.1) is 0 Å². The summed E-state index contributed by atoms with van der Waals surface area (Å²) in [5.41, 5.74) is 0.479. The second-order valence-electron chi connectivity index (χ2n) is 16.2. The van der Waals surface area contributed by atoms with Gasteiger partial charge in [-0.05, 0) is 102 Å². The summed E-state index contributed by atoms with van der Waals surface area (Å²) in [6.45, 7) is 13.1. The number of nitrogens with zero attached hydrogens (tertiary/aromatic N) is 4. The number of rotatable bonds is 15. The van der Waals surface area contributed by atoms with Crippen molar-refractivity contribution in [3.8, 4) is 0 Å². The number of alkyl carbamates (subject to hydrolysis) is 2. The standard InChI is InChI=1S/C40H55Cl2N7O9S2/c1-39(2,3)57-37(51)43-15-17-47(18-16-44-38(52)58-40(4,5)6)27-28-9-14-35(46(7)59(8,53)54)34(23-28)36(50)45-31-10-12-33(13-11-31)60(55,56)49-21-19-48(20-22-49)32-25-29(41)24-30(42)26-32/h9-14,23-26H,15-22,27H2,1-8H3,(H,43,51)(H,44,52)(H,45,50). The lowest BCUT2D eigenvalue weighted by Gasteiger charge is -2.35. The number of sulfonamides is 2. The van der Waals surface area contributed by atoms with Gasteiger partial charge in [0.15, 0.2) is 0 Å². The Morgan fingerprint density at radius 1 is 0.750 bits per heavy atom. The lowest BCUT2D eigenvalue weighted by Crippen LogP contribution is -2.48. The highest BCUT2D eigenvalue weighted by atomic mass is 35.5.